The minimum Gasteiger partial charge on any atom is -0.298 e. The van der Waals surface area contributed by atoms with Crippen molar-refractivity contribution in [2.24, 2.45) is 4.99 Å². The number of rotatable bonds is 11. The second-order valence-electron chi connectivity index (χ2n) is 11.8. The van der Waals surface area contributed by atoms with Gasteiger partial charge in [-0.2, -0.15) is 5.43 Å². The van der Waals surface area contributed by atoms with Crippen LogP contribution in [-0.2, 0) is 14.4 Å². The highest BCUT2D eigenvalue weighted by molar-refractivity contribution is 6.23. The molecule has 5 aromatic carbocycles. The molecular formula is C41H33N3O3. The zero-order valence-electron chi connectivity index (χ0n) is 25.7. The van der Waals surface area contributed by atoms with Gasteiger partial charge in [0.05, 0.1) is 23.1 Å². The van der Waals surface area contributed by atoms with E-state index < -0.39 is 18.0 Å². The van der Waals surface area contributed by atoms with Gasteiger partial charge in [0.2, 0.25) is 0 Å². The number of hydrogen-bond donors (Lipinski definition) is 1. The lowest BCUT2D eigenvalue weighted by Crippen LogP contribution is -2.37. The first-order chi connectivity index (χ1) is 23.1. The first kappa shape index (κ1) is 30.0. The summed E-state index contributed by atoms with van der Waals surface area (Å²) < 4.78 is 0. The lowest BCUT2D eigenvalue weighted by atomic mass is 9.82. The van der Waals surface area contributed by atoms with Crippen molar-refractivity contribution in [1.82, 2.24) is 5.43 Å². The Kier molecular flexibility index (Phi) is 8.50. The van der Waals surface area contributed by atoms with Gasteiger partial charge < -0.3 is 0 Å². The van der Waals surface area contributed by atoms with Crippen LogP contribution in [0.15, 0.2) is 168 Å². The van der Waals surface area contributed by atoms with Crippen molar-refractivity contribution < 1.29 is 14.4 Å². The van der Waals surface area contributed by atoms with E-state index in [9.17, 15) is 14.4 Å². The molecule has 0 saturated carbocycles. The molecule has 0 unspecified atom stereocenters. The Labute approximate surface area is 274 Å². The van der Waals surface area contributed by atoms with Crippen molar-refractivity contribution in [3.8, 4) is 0 Å². The van der Waals surface area contributed by atoms with E-state index in [-0.39, 0.29) is 30.3 Å². The van der Waals surface area contributed by atoms with Gasteiger partial charge in [0.1, 0.15) is 11.9 Å². The lowest BCUT2D eigenvalue weighted by Gasteiger charge is -2.21. The zero-order valence-corrected chi connectivity index (χ0v) is 25.7. The lowest BCUT2D eigenvalue weighted by molar-refractivity contribution is -0.119. The molecule has 6 nitrogen and oxygen atoms in total. The number of carbonyl (C=O) groups excluding carboxylic acids is 3. The number of aliphatic imine (C=N–C) groups is 1. The molecule has 1 amide bonds. The molecule has 2 aliphatic heterocycles. The van der Waals surface area contributed by atoms with Gasteiger partial charge >= 0.3 is 0 Å². The number of fused-ring (bicyclic) bond motifs is 1. The van der Waals surface area contributed by atoms with E-state index in [2.05, 4.69) is 5.43 Å². The van der Waals surface area contributed by atoms with Gasteiger partial charge in [0.15, 0.2) is 5.78 Å². The maximum absolute atomic E-state index is 14.4. The van der Waals surface area contributed by atoms with E-state index in [1.165, 1.54) is 5.01 Å². The molecule has 5 aromatic rings. The normalized spacial score (nSPS) is 15.7. The average molecular weight is 616 g/mol. The predicted molar refractivity (Wildman–Crippen MR) is 184 cm³/mol. The Bertz CT molecular complexity index is 1880. The number of hydrazine groups is 1. The number of Topliss-reactive ketones (excluding diaryl/α,β-unsaturated/α-hetero) is 2. The Hall–Kier alpha value is -5.72. The molecule has 0 aromatic heterocycles. The van der Waals surface area contributed by atoms with Crippen LogP contribution in [0.4, 0.5) is 5.69 Å². The molecular weight excluding hydrogens is 582 g/mol. The summed E-state index contributed by atoms with van der Waals surface area (Å²) in [4.78, 5) is 47.7. The SMILES string of the molecule is O=C(CC1=N[C@H]2NN(c3ccccc3)C(=O)C2=C1CC(=O)C(c1ccccc1)c1ccccc1)C(c1ccccc1)c1ccccc1. The molecule has 6 heteroatoms. The largest absolute Gasteiger partial charge is 0.298 e. The maximum atomic E-state index is 14.4. The fraction of sp³-hybridized carbons (Fsp3) is 0.122. The number of benzene rings is 5. The summed E-state index contributed by atoms with van der Waals surface area (Å²) in [5, 5.41) is 1.48. The minimum atomic E-state index is -0.688. The van der Waals surface area contributed by atoms with Crippen LogP contribution in [0, 0.1) is 0 Å². The summed E-state index contributed by atoms with van der Waals surface area (Å²) in [5.41, 5.74) is 8.83. The summed E-state index contributed by atoms with van der Waals surface area (Å²) in [6.45, 7) is 0. The van der Waals surface area contributed by atoms with E-state index in [0.717, 1.165) is 22.3 Å². The van der Waals surface area contributed by atoms with Crippen LogP contribution in [0.5, 0.6) is 0 Å². The Morgan fingerprint density at radius 2 is 0.957 bits per heavy atom. The number of para-hydroxylation sites is 1. The molecule has 47 heavy (non-hydrogen) atoms. The van der Waals surface area contributed by atoms with Crippen molar-refractivity contribution in [1.29, 1.82) is 0 Å². The molecule has 1 fully saturated rings. The van der Waals surface area contributed by atoms with E-state index in [4.69, 9.17) is 4.99 Å². The zero-order chi connectivity index (χ0) is 32.2. The average Bonchev–Trinajstić information content (AvgIpc) is 3.62. The molecule has 0 bridgehead atoms. The van der Waals surface area contributed by atoms with Gasteiger partial charge in [0, 0.05) is 18.6 Å². The number of anilines is 1. The number of nitrogens with one attached hydrogen (secondary N) is 1. The fourth-order valence-electron chi connectivity index (χ4n) is 6.63. The fourth-order valence-corrected chi connectivity index (χ4v) is 6.63. The Morgan fingerprint density at radius 3 is 1.38 bits per heavy atom. The monoisotopic (exact) mass is 615 g/mol. The van der Waals surface area contributed by atoms with Crippen molar-refractivity contribution in [3.05, 3.63) is 185 Å². The van der Waals surface area contributed by atoms with Crippen molar-refractivity contribution in [2.75, 3.05) is 5.01 Å². The van der Waals surface area contributed by atoms with E-state index in [0.29, 0.717) is 22.5 Å². The first-order valence-electron chi connectivity index (χ1n) is 15.8. The molecule has 2 heterocycles. The van der Waals surface area contributed by atoms with E-state index >= 15 is 0 Å². The van der Waals surface area contributed by atoms with Crippen LogP contribution in [-0.4, -0.2) is 29.4 Å². The molecule has 1 atom stereocenters. The third kappa shape index (κ3) is 6.11. The smallest absolute Gasteiger partial charge is 0.272 e. The first-order valence-corrected chi connectivity index (χ1v) is 15.8. The van der Waals surface area contributed by atoms with Crippen LogP contribution >= 0.6 is 0 Å². The number of ketones is 2. The van der Waals surface area contributed by atoms with Crippen LogP contribution in [0.3, 0.4) is 0 Å². The van der Waals surface area contributed by atoms with Crippen molar-refractivity contribution in [3.63, 3.8) is 0 Å². The number of hydrogen-bond acceptors (Lipinski definition) is 5. The minimum absolute atomic E-state index is 0.0152. The third-order valence-electron chi connectivity index (χ3n) is 8.80. The predicted octanol–water partition coefficient (Wildman–Crippen LogP) is 7.20. The van der Waals surface area contributed by atoms with Crippen LogP contribution in [0.2, 0.25) is 0 Å². The second kappa shape index (κ2) is 13.3. The number of nitrogens with zero attached hydrogens (tertiary/aromatic N) is 2. The molecule has 0 radical (unpaired) electrons. The third-order valence-corrected chi connectivity index (χ3v) is 8.80. The second-order valence-corrected chi connectivity index (χ2v) is 11.8. The topological polar surface area (TPSA) is 78.8 Å². The number of amides is 1. The molecule has 7 rings (SSSR count). The van der Waals surface area contributed by atoms with Gasteiger partial charge in [-0.1, -0.05) is 140 Å². The van der Waals surface area contributed by atoms with E-state index in [1.807, 2.05) is 152 Å². The Morgan fingerprint density at radius 1 is 0.574 bits per heavy atom. The quantitative estimate of drug-likeness (QED) is 0.171. The summed E-state index contributed by atoms with van der Waals surface area (Å²) in [6, 6.07) is 48.0. The van der Waals surface area contributed by atoms with Gasteiger partial charge in [-0.3, -0.25) is 19.4 Å². The molecule has 0 aliphatic carbocycles. The summed E-state index contributed by atoms with van der Waals surface area (Å²) in [7, 11) is 0. The summed E-state index contributed by atoms with van der Waals surface area (Å²) in [6.07, 6.45) is -0.741. The van der Waals surface area contributed by atoms with Gasteiger partial charge in [-0.25, -0.2) is 5.01 Å². The molecule has 2 aliphatic rings. The highest BCUT2D eigenvalue weighted by Crippen LogP contribution is 2.37. The molecule has 1 N–H and O–H groups in total. The standard InChI is InChI=1S/C41H33N3O3/c45-35(37(28-16-6-1-7-17-28)29-18-8-2-9-19-29)26-33-34(42-40-39(33)41(47)44(43-40)32-24-14-5-15-25-32)27-36(46)38(30-20-10-3-11-21-30)31-22-12-4-13-23-31/h1-25,37-38,40,43H,26-27H2/t40-/m0/s1. The van der Waals surface area contributed by atoms with Crippen LogP contribution in [0.1, 0.15) is 46.9 Å². The number of carbonyl (C=O) groups is 3. The Balaban J connectivity index is 1.26. The number of allylic oxidation sites excluding steroid dienone is 1. The van der Waals surface area contributed by atoms with Crippen LogP contribution < -0.4 is 10.4 Å². The maximum Gasteiger partial charge on any atom is 0.272 e. The molecule has 0 spiro atoms. The van der Waals surface area contributed by atoms with Gasteiger partial charge in [-0.05, 0) is 40.0 Å². The van der Waals surface area contributed by atoms with Crippen molar-refractivity contribution >= 4 is 28.9 Å². The summed E-state index contributed by atoms with van der Waals surface area (Å²) in [5.74, 6) is -1.46. The van der Waals surface area contributed by atoms with Crippen molar-refractivity contribution in [2.45, 2.75) is 30.8 Å². The summed E-state index contributed by atoms with van der Waals surface area (Å²) >= 11 is 0. The highest BCUT2D eigenvalue weighted by Gasteiger charge is 2.44. The van der Waals surface area contributed by atoms with E-state index in [1.54, 1.807) is 0 Å². The van der Waals surface area contributed by atoms with Gasteiger partial charge in [-0.15, -0.1) is 0 Å². The van der Waals surface area contributed by atoms with Gasteiger partial charge in [0.25, 0.3) is 5.91 Å². The highest BCUT2D eigenvalue weighted by atomic mass is 16.2. The molecule has 230 valence electrons. The van der Waals surface area contributed by atoms with Crippen LogP contribution in [0.25, 0.3) is 0 Å². The molecule has 1 saturated heterocycles.